The highest BCUT2D eigenvalue weighted by Gasteiger charge is 2.48. The fourth-order valence-corrected chi connectivity index (χ4v) is 2.86. The summed E-state index contributed by atoms with van der Waals surface area (Å²) in [4.78, 5) is 18.9. The van der Waals surface area contributed by atoms with Crippen molar-refractivity contribution in [3.8, 4) is 0 Å². The van der Waals surface area contributed by atoms with Gasteiger partial charge in [-0.15, -0.1) is 0 Å². The molecule has 1 aromatic rings. The zero-order valence-electron chi connectivity index (χ0n) is 12.8. The molecule has 0 N–H and O–H groups in total. The average Bonchev–Trinajstić information content (AvgIpc) is 2.99. The molecule has 6 nitrogen and oxygen atoms in total. The number of hydrogen-bond donors (Lipinski definition) is 0. The summed E-state index contributed by atoms with van der Waals surface area (Å²) in [5, 5.41) is 4.08. The van der Waals surface area contributed by atoms with Crippen LogP contribution >= 0.6 is 0 Å². The van der Waals surface area contributed by atoms with Crippen molar-refractivity contribution in [2.24, 2.45) is 18.4 Å². The highest BCUT2D eigenvalue weighted by molar-refractivity contribution is 5.78. The Balaban J connectivity index is 2.08. The standard InChI is InChI=1S/C14H24N4O2/c1-5-20-13(19)14(11(2)3)6-7-18(9-14)8-12-15-10-16-17(12)4/h10-11H,5-9H2,1-4H3/t14-/m0/s1. The normalized spacial score (nSPS) is 23.4. The summed E-state index contributed by atoms with van der Waals surface area (Å²) in [6.45, 7) is 8.85. The van der Waals surface area contributed by atoms with E-state index in [1.54, 1.807) is 11.0 Å². The van der Waals surface area contributed by atoms with E-state index in [1.807, 2.05) is 14.0 Å². The third-order valence-electron chi connectivity index (χ3n) is 4.34. The molecule has 0 aliphatic carbocycles. The van der Waals surface area contributed by atoms with Crippen LogP contribution in [-0.4, -0.2) is 45.3 Å². The maximum absolute atomic E-state index is 12.3. The summed E-state index contributed by atoms with van der Waals surface area (Å²) in [7, 11) is 1.89. The van der Waals surface area contributed by atoms with E-state index in [2.05, 4.69) is 28.8 Å². The molecule has 112 valence electrons. The minimum atomic E-state index is -0.380. The van der Waals surface area contributed by atoms with E-state index in [9.17, 15) is 4.79 Å². The fraction of sp³-hybridized carbons (Fsp3) is 0.786. The van der Waals surface area contributed by atoms with Crippen LogP contribution in [0.25, 0.3) is 0 Å². The predicted molar refractivity (Wildman–Crippen MR) is 74.8 cm³/mol. The molecule has 1 aromatic heterocycles. The van der Waals surface area contributed by atoms with Crippen LogP contribution in [0.3, 0.4) is 0 Å². The van der Waals surface area contributed by atoms with Crippen LogP contribution < -0.4 is 0 Å². The van der Waals surface area contributed by atoms with Gasteiger partial charge in [0.05, 0.1) is 18.6 Å². The largest absolute Gasteiger partial charge is 0.466 e. The van der Waals surface area contributed by atoms with Gasteiger partial charge >= 0.3 is 5.97 Å². The van der Waals surface area contributed by atoms with Gasteiger partial charge < -0.3 is 4.74 Å². The molecule has 0 saturated carbocycles. The van der Waals surface area contributed by atoms with Gasteiger partial charge in [-0.25, -0.2) is 4.98 Å². The lowest BCUT2D eigenvalue weighted by molar-refractivity contribution is -0.157. The molecule has 0 radical (unpaired) electrons. The Morgan fingerprint density at radius 2 is 2.30 bits per heavy atom. The lowest BCUT2D eigenvalue weighted by Crippen LogP contribution is -2.40. The smallest absolute Gasteiger partial charge is 0.313 e. The van der Waals surface area contributed by atoms with Crippen LogP contribution in [0, 0.1) is 11.3 Å². The second-order valence-corrected chi connectivity index (χ2v) is 5.79. The molecule has 1 aliphatic rings. The Labute approximate surface area is 120 Å². The number of aromatic nitrogens is 3. The molecule has 1 aliphatic heterocycles. The Morgan fingerprint density at radius 3 is 2.85 bits per heavy atom. The molecule has 1 saturated heterocycles. The summed E-state index contributed by atoms with van der Waals surface area (Å²) in [5.41, 5.74) is -0.380. The van der Waals surface area contributed by atoms with Crippen molar-refractivity contribution >= 4 is 5.97 Å². The van der Waals surface area contributed by atoms with Crippen molar-refractivity contribution in [1.82, 2.24) is 19.7 Å². The van der Waals surface area contributed by atoms with Crippen LogP contribution in [0.4, 0.5) is 0 Å². The quantitative estimate of drug-likeness (QED) is 0.759. The minimum Gasteiger partial charge on any atom is -0.466 e. The number of hydrogen-bond acceptors (Lipinski definition) is 5. The number of carbonyl (C=O) groups excluding carboxylic acids is 1. The molecule has 2 rings (SSSR count). The topological polar surface area (TPSA) is 60.2 Å². The van der Waals surface area contributed by atoms with Crippen molar-refractivity contribution in [3.63, 3.8) is 0 Å². The van der Waals surface area contributed by atoms with Crippen LogP contribution in [0.2, 0.25) is 0 Å². The number of rotatable bonds is 5. The molecule has 0 aromatic carbocycles. The number of aryl methyl sites for hydroxylation is 1. The average molecular weight is 280 g/mol. The zero-order valence-corrected chi connectivity index (χ0v) is 12.8. The molecule has 1 atom stereocenters. The van der Waals surface area contributed by atoms with Crippen molar-refractivity contribution in [2.75, 3.05) is 19.7 Å². The maximum Gasteiger partial charge on any atom is 0.313 e. The van der Waals surface area contributed by atoms with E-state index in [1.165, 1.54) is 0 Å². The number of nitrogens with zero attached hydrogens (tertiary/aromatic N) is 4. The summed E-state index contributed by atoms with van der Waals surface area (Å²) in [6, 6.07) is 0. The van der Waals surface area contributed by atoms with Gasteiger partial charge in [0.2, 0.25) is 0 Å². The minimum absolute atomic E-state index is 0.0598. The van der Waals surface area contributed by atoms with Crippen molar-refractivity contribution in [2.45, 2.75) is 33.7 Å². The van der Waals surface area contributed by atoms with E-state index in [-0.39, 0.29) is 17.3 Å². The van der Waals surface area contributed by atoms with Gasteiger partial charge in [-0.1, -0.05) is 13.8 Å². The zero-order chi connectivity index (χ0) is 14.8. The number of likely N-dealkylation sites (tertiary alicyclic amines) is 1. The molecule has 0 amide bonds. The SMILES string of the molecule is CCOC(=O)[C@@]1(C(C)C)CCN(Cc2ncnn2C)C1. The first kappa shape index (κ1) is 15.0. The van der Waals surface area contributed by atoms with Gasteiger partial charge in [-0.3, -0.25) is 14.4 Å². The lowest BCUT2D eigenvalue weighted by Gasteiger charge is -2.30. The highest BCUT2D eigenvalue weighted by atomic mass is 16.5. The molecule has 0 spiro atoms. The molecular weight excluding hydrogens is 256 g/mol. The first-order valence-corrected chi connectivity index (χ1v) is 7.22. The summed E-state index contributed by atoms with van der Waals surface area (Å²) < 4.78 is 7.08. The second-order valence-electron chi connectivity index (χ2n) is 5.79. The highest BCUT2D eigenvalue weighted by Crippen LogP contribution is 2.39. The van der Waals surface area contributed by atoms with Crippen LogP contribution in [0.15, 0.2) is 6.33 Å². The van der Waals surface area contributed by atoms with Gasteiger partial charge in [0, 0.05) is 13.6 Å². The Bertz CT molecular complexity index is 471. The fourth-order valence-electron chi connectivity index (χ4n) is 2.86. The summed E-state index contributed by atoms with van der Waals surface area (Å²) in [5.74, 6) is 1.13. The molecule has 6 heteroatoms. The van der Waals surface area contributed by atoms with Crippen LogP contribution in [0.1, 0.15) is 33.0 Å². The van der Waals surface area contributed by atoms with Gasteiger partial charge in [-0.05, 0) is 25.8 Å². The molecule has 1 fully saturated rings. The summed E-state index contributed by atoms with van der Waals surface area (Å²) >= 11 is 0. The van der Waals surface area contributed by atoms with E-state index in [4.69, 9.17) is 4.74 Å². The number of carbonyl (C=O) groups is 1. The van der Waals surface area contributed by atoms with E-state index in [0.29, 0.717) is 6.61 Å². The molecule has 2 heterocycles. The van der Waals surface area contributed by atoms with Gasteiger partial charge in [0.1, 0.15) is 12.2 Å². The molecule has 0 bridgehead atoms. The first-order valence-electron chi connectivity index (χ1n) is 7.22. The van der Waals surface area contributed by atoms with Crippen LogP contribution in [-0.2, 0) is 23.1 Å². The Kier molecular flexibility index (Phi) is 4.42. The number of ether oxygens (including phenoxy) is 1. The van der Waals surface area contributed by atoms with Crippen molar-refractivity contribution < 1.29 is 9.53 Å². The molecular formula is C14H24N4O2. The third kappa shape index (κ3) is 2.70. The van der Waals surface area contributed by atoms with Crippen molar-refractivity contribution in [1.29, 1.82) is 0 Å². The lowest BCUT2D eigenvalue weighted by atomic mass is 9.76. The second kappa shape index (κ2) is 5.91. The maximum atomic E-state index is 12.3. The van der Waals surface area contributed by atoms with Gasteiger partial charge in [-0.2, -0.15) is 5.10 Å². The number of esters is 1. The van der Waals surface area contributed by atoms with E-state index >= 15 is 0 Å². The summed E-state index contributed by atoms with van der Waals surface area (Å²) in [6.07, 6.45) is 2.41. The van der Waals surface area contributed by atoms with E-state index in [0.717, 1.165) is 31.9 Å². The molecule has 20 heavy (non-hydrogen) atoms. The van der Waals surface area contributed by atoms with Gasteiger partial charge in [0.25, 0.3) is 0 Å². The van der Waals surface area contributed by atoms with Gasteiger partial charge in [0.15, 0.2) is 0 Å². The first-order chi connectivity index (χ1) is 9.49. The van der Waals surface area contributed by atoms with Crippen LogP contribution in [0.5, 0.6) is 0 Å². The Hall–Kier alpha value is -1.43. The monoisotopic (exact) mass is 280 g/mol. The van der Waals surface area contributed by atoms with E-state index < -0.39 is 0 Å². The van der Waals surface area contributed by atoms with Crippen molar-refractivity contribution in [3.05, 3.63) is 12.2 Å². The third-order valence-corrected chi connectivity index (χ3v) is 4.34. The predicted octanol–water partition coefficient (Wildman–Crippen LogP) is 1.23. The molecule has 0 unspecified atom stereocenters. The Morgan fingerprint density at radius 1 is 1.55 bits per heavy atom.